The molecule has 0 unspecified atom stereocenters. The maximum Gasteiger partial charge on any atom is 0.123 e. The van der Waals surface area contributed by atoms with Gasteiger partial charge in [0.1, 0.15) is 12.4 Å². The number of rotatable bonds is 3. The minimum Gasteiger partial charge on any atom is -0.488 e. The summed E-state index contributed by atoms with van der Waals surface area (Å²) in [5.41, 5.74) is 0.991. The largest absolute Gasteiger partial charge is 0.488 e. The molecule has 1 aromatic rings. The van der Waals surface area contributed by atoms with Crippen molar-refractivity contribution in [3.63, 3.8) is 0 Å². The standard InChI is InChI=1S/C10H10Cl2O/c1-7-5-9(12)3-4-10(7)13-6-8(2)11/h3-5H,2,6H2,1H3. The number of benzene rings is 1. The number of ether oxygens (including phenoxy) is 1. The molecule has 0 aliphatic heterocycles. The molecule has 0 heterocycles. The molecule has 0 spiro atoms. The van der Waals surface area contributed by atoms with Crippen LogP contribution in [0.1, 0.15) is 5.56 Å². The maximum absolute atomic E-state index is 5.78. The molecule has 1 rings (SSSR count). The van der Waals surface area contributed by atoms with Crippen LogP contribution in [0.25, 0.3) is 0 Å². The Morgan fingerprint density at radius 1 is 1.54 bits per heavy atom. The molecule has 0 N–H and O–H groups in total. The number of aryl methyl sites for hydroxylation is 1. The van der Waals surface area contributed by atoms with Crippen LogP contribution in [0.2, 0.25) is 5.02 Å². The van der Waals surface area contributed by atoms with Gasteiger partial charge in [-0.1, -0.05) is 29.8 Å². The van der Waals surface area contributed by atoms with Crippen LogP contribution in [0.4, 0.5) is 0 Å². The Morgan fingerprint density at radius 2 is 2.23 bits per heavy atom. The molecule has 70 valence electrons. The van der Waals surface area contributed by atoms with Gasteiger partial charge in [-0.2, -0.15) is 0 Å². The van der Waals surface area contributed by atoms with Crippen molar-refractivity contribution in [2.24, 2.45) is 0 Å². The molecule has 0 saturated heterocycles. The van der Waals surface area contributed by atoms with Gasteiger partial charge in [-0.3, -0.25) is 0 Å². The predicted octanol–water partition coefficient (Wildman–Crippen LogP) is 3.78. The van der Waals surface area contributed by atoms with E-state index >= 15 is 0 Å². The quantitative estimate of drug-likeness (QED) is 0.748. The van der Waals surface area contributed by atoms with Crippen molar-refractivity contribution in [3.05, 3.63) is 40.4 Å². The summed E-state index contributed by atoms with van der Waals surface area (Å²) in [6.07, 6.45) is 0. The van der Waals surface area contributed by atoms with Crippen LogP contribution in [-0.2, 0) is 0 Å². The van der Waals surface area contributed by atoms with Crippen LogP contribution >= 0.6 is 23.2 Å². The topological polar surface area (TPSA) is 9.23 Å². The zero-order valence-corrected chi connectivity index (χ0v) is 8.82. The summed E-state index contributed by atoms with van der Waals surface area (Å²) in [7, 11) is 0. The molecule has 0 radical (unpaired) electrons. The second kappa shape index (κ2) is 4.54. The Balaban J connectivity index is 2.72. The molecule has 0 aliphatic carbocycles. The highest BCUT2D eigenvalue weighted by Crippen LogP contribution is 2.22. The van der Waals surface area contributed by atoms with Crippen LogP contribution in [0, 0.1) is 6.92 Å². The molecule has 0 aliphatic rings. The van der Waals surface area contributed by atoms with Gasteiger partial charge in [-0.15, -0.1) is 0 Å². The molecule has 0 amide bonds. The Morgan fingerprint density at radius 3 is 2.77 bits per heavy atom. The summed E-state index contributed by atoms with van der Waals surface area (Å²) in [6, 6.07) is 5.44. The first kappa shape index (κ1) is 10.4. The molecule has 0 atom stereocenters. The van der Waals surface area contributed by atoms with Crippen molar-refractivity contribution in [1.82, 2.24) is 0 Å². The Labute approximate surface area is 87.9 Å². The summed E-state index contributed by atoms with van der Waals surface area (Å²) in [5, 5.41) is 1.18. The van der Waals surface area contributed by atoms with Gasteiger partial charge in [0, 0.05) is 10.1 Å². The lowest BCUT2D eigenvalue weighted by Crippen LogP contribution is -1.97. The summed E-state index contributed by atoms with van der Waals surface area (Å²) < 4.78 is 5.36. The molecular formula is C10H10Cl2O. The van der Waals surface area contributed by atoms with Gasteiger partial charge in [-0.05, 0) is 30.7 Å². The highest BCUT2D eigenvalue weighted by molar-refractivity contribution is 6.30. The van der Waals surface area contributed by atoms with E-state index in [1.807, 2.05) is 19.1 Å². The molecular weight excluding hydrogens is 207 g/mol. The fourth-order valence-corrected chi connectivity index (χ4v) is 1.21. The molecule has 0 saturated carbocycles. The first-order chi connectivity index (χ1) is 6.09. The molecule has 13 heavy (non-hydrogen) atoms. The molecule has 0 bridgehead atoms. The fourth-order valence-electron chi connectivity index (χ4n) is 0.931. The highest BCUT2D eigenvalue weighted by atomic mass is 35.5. The number of hydrogen-bond donors (Lipinski definition) is 0. The Kier molecular flexibility index (Phi) is 3.64. The molecule has 1 nitrogen and oxygen atoms in total. The fraction of sp³-hybridized carbons (Fsp3) is 0.200. The van der Waals surface area contributed by atoms with Gasteiger partial charge in [0.25, 0.3) is 0 Å². The van der Waals surface area contributed by atoms with E-state index in [9.17, 15) is 0 Å². The van der Waals surface area contributed by atoms with E-state index < -0.39 is 0 Å². The summed E-state index contributed by atoms with van der Waals surface area (Å²) in [4.78, 5) is 0. The van der Waals surface area contributed by atoms with Gasteiger partial charge >= 0.3 is 0 Å². The van der Waals surface area contributed by atoms with Crippen molar-refractivity contribution in [2.75, 3.05) is 6.61 Å². The average Bonchev–Trinajstić information content (AvgIpc) is 2.02. The Hall–Kier alpha value is -0.660. The van der Waals surface area contributed by atoms with Crippen LogP contribution in [-0.4, -0.2) is 6.61 Å². The van der Waals surface area contributed by atoms with Gasteiger partial charge in [0.05, 0.1) is 0 Å². The maximum atomic E-state index is 5.78. The number of halogens is 2. The third-order valence-electron chi connectivity index (χ3n) is 1.52. The lowest BCUT2D eigenvalue weighted by Gasteiger charge is -2.07. The van der Waals surface area contributed by atoms with Gasteiger partial charge < -0.3 is 4.74 Å². The van der Waals surface area contributed by atoms with Gasteiger partial charge in [-0.25, -0.2) is 0 Å². The Bertz CT molecular complexity index is 321. The van der Waals surface area contributed by atoms with E-state index in [4.69, 9.17) is 27.9 Å². The van der Waals surface area contributed by atoms with Crippen molar-refractivity contribution in [3.8, 4) is 5.75 Å². The summed E-state index contributed by atoms with van der Waals surface area (Å²) in [5.74, 6) is 0.784. The zero-order chi connectivity index (χ0) is 9.84. The number of hydrogen-bond acceptors (Lipinski definition) is 1. The van der Waals surface area contributed by atoms with E-state index in [-0.39, 0.29) is 0 Å². The summed E-state index contributed by atoms with van der Waals surface area (Å²) >= 11 is 11.3. The van der Waals surface area contributed by atoms with E-state index in [2.05, 4.69) is 6.58 Å². The normalized spacial score (nSPS) is 9.77. The first-order valence-electron chi connectivity index (χ1n) is 3.82. The minimum absolute atomic E-state index is 0.323. The lowest BCUT2D eigenvalue weighted by atomic mass is 10.2. The highest BCUT2D eigenvalue weighted by Gasteiger charge is 1.99. The third kappa shape index (κ3) is 3.29. The lowest BCUT2D eigenvalue weighted by molar-refractivity contribution is 0.357. The second-order valence-corrected chi connectivity index (χ2v) is 3.69. The third-order valence-corrected chi connectivity index (χ3v) is 1.87. The second-order valence-electron chi connectivity index (χ2n) is 2.72. The SMILES string of the molecule is C=C(Cl)COc1ccc(Cl)cc1C. The van der Waals surface area contributed by atoms with Crippen LogP contribution in [0.15, 0.2) is 29.8 Å². The van der Waals surface area contributed by atoms with Crippen molar-refractivity contribution < 1.29 is 4.74 Å². The van der Waals surface area contributed by atoms with E-state index in [0.29, 0.717) is 16.7 Å². The molecule has 0 fully saturated rings. The smallest absolute Gasteiger partial charge is 0.123 e. The predicted molar refractivity (Wildman–Crippen MR) is 56.7 cm³/mol. The molecule has 1 aromatic carbocycles. The summed E-state index contributed by atoms with van der Waals surface area (Å²) in [6.45, 7) is 5.78. The van der Waals surface area contributed by atoms with Crippen molar-refractivity contribution >= 4 is 23.2 Å². The van der Waals surface area contributed by atoms with Crippen LogP contribution in [0.3, 0.4) is 0 Å². The molecule has 3 heteroatoms. The first-order valence-corrected chi connectivity index (χ1v) is 4.57. The van der Waals surface area contributed by atoms with Crippen LogP contribution < -0.4 is 4.74 Å². The van der Waals surface area contributed by atoms with Crippen LogP contribution in [0.5, 0.6) is 5.75 Å². The van der Waals surface area contributed by atoms with E-state index in [1.165, 1.54) is 0 Å². The average molecular weight is 217 g/mol. The van der Waals surface area contributed by atoms with E-state index in [1.54, 1.807) is 6.07 Å². The zero-order valence-electron chi connectivity index (χ0n) is 7.31. The van der Waals surface area contributed by atoms with Crippen molar-refractivity contribution in [1.29, 1.82) is 0 Å². The monoisotopic (exact) mass is 216 g/mol. The van der Waals surface area contributed by atoms with Crippen molar-refractivity contribution in [2.45, 2.75) is 6.92 Å². The van der Waals surface area contributed by atoms with Gasteiger partial charge in [0.15, 0.2) is 0 Å². The minimum atomic E-state index is 0.323. The van der Waals surface area contributed by atoms with Gasteiger partial charge in [0.2, 0.25) is 0 Å². The van der Waals surface area contributed by atoms with E-state index in [0.717, 1.165) is 11.3 Å². The molecule has 0 aromatic heterocycles.